The van der Waals surface area contributed by atoms with Crippen LogP contribution in [0.25, 0.3) is 0 Å². The molecule has 0 bridgehead atoms. The number of nitrogens with one attached hydrogen (secondary N) is 4. The quantitative estimate of drug-likeness (QED) is 0.0296. The Hall–Kier alpha value is -5.75. The molecule has 0 aliphatic heterocycles. The third-order valence-corrected chi connectivity index (χ3v) is 14.6. The van der Waals surface area contributed by atoms with Gasteiger partial charge < -0.3 is 97.3 Å². The molecular weight excluding hydrogens is 1320 g/mol. The number of hydrogen-bond acceptors (Lipinski definition) is 22. The maximum absolute atomic E-state index is 11.8. The number of carboxylic acid groups (broad SMARTS) is 8. The highest BCUT2D eigenvalue weighted by Crippen LogP contribution is 2.09. The lowest BCUT2D eigenvalue weighted by molar-refractivity contribution is -0.143. The third kappa shape index (κ3) is 75.6. The summed E-state index contributed by atoms with van der Waals surface area (Å²) in [7, 11) is 7.00. The molecule has 0 saturated carbocycles. The van der Waals surface area contributed by atoms with Gasteiger partial charge in [0.1, 0.15) is 18.1 Å². The monoisotopic (exact) mass is 1450 g/mol. The Morgan fingerprint density at radius 1 is 0.365 bits per heavy atom. The van der Waals surface area contributed by atoms with Crippen LogP contribution in [0.15, 0.2) is 0 Å². The van der Waals surface area contributed by atoms with Crippen LogP contribution in [0.2, 0.25) is 0 Å². The van der Waals surface area contributed by atoms with Crippen LogP contribution >= 0.6 is 35.3 Å². The van der Waals surface area contributed by atoms with E-state index in [1.54, 1.807) is 57.5 Å². The molecule has 31 nitrogen and oxygen atoms in total. The lowest BCUT2D eigenvalue weighted by Gasteiger charge is -2.17. The predicted octanol–water partition coefficient (Wildman–Crippen LogP) is 6.33. The van der Waals surface area contributed by atoms with Crippen molar-refractivity contribution in [2.24, 2.45) is 35.1 Å². The minimum absolute atomic E-state index is 0.0476. The van der Waals surface area contributed by atoms with E-state index in [0.717, 1.165) is 77.0 Å². The summed E-state index contributed by atoms with van der Waals surface area (Å²) in [6, 6.07) is -4.69. The van der Waals surface area contributed by atoms with E-state index in [9.17, 15) is 57.5 Å². The molecule has 0 aromatic rings. The highest BCUT2D eigenvalue weighted by Gasteiger charge is 2.25. The van der Waals surface area contributed by atoms with Crippen LogP contribution in [-0.4, -0.2) is 247 Å². The van der Waals surface area contributed by atoms with E-state index < -0.39 is 90.1 Å². The number of rotatable bonds is 45. The second-order valence-electron chi connectivity index (χ2n) is 21.4. The van der Waals surface area contributed by atoms with E-state index in [0.29, 0.717) is 42.9 Å². The van der Waals surface area contributed by atoms with Gasteiger partial charge in [-0.1, -0.05) is 119 Å². The van der Waals surface area contributed by atoms with Crippen molar-refractivity contribution < 1.29 is 122 Å². The molecule has 0 aromatic heterocycles. The molecule has 0 rings (SSSR count). The number of unbranched alkanes of at least 4 members (excludes halogenated alkanes) is 8. The number of ether oxygens (including phenoxy) is 5. The van der Waals surface area contributed by atoms with Crippen LogP contribution in [0.3, 0.4) is 0 Å². The first-order chi connectivity index (χ1) is 45.0. The average molecular weight is 1450 g/mol. The van der Waals surface area contributed by atoms with E-state index in [-0.39, 0.29) is 74.2 Å². The zero-order chi connectivity index (χ0) is 76.2. The van der Waals surface area contributed by atoms with Crippen LogP contribution in [0.4, 0.5) is 4.79 Å². The largest absolute Gasteiger partial charge is 0.481 e. The number of carbonyl (C=O) groups excluding carboxylic acids is 4. The van der Waals surface area contributed by atoms with Crippen LogP contribution in [0.1, 0.15) is 165 Å². The molecular formula is C62H122N6O25S3. The van der Waals surface area contributed by atoms with Crippen molar-refractivity contribution in [2.75, 3.05) is 98.0 Å². The fourth-order valence-electron chi connectivity index (χ4n) is 6.39. The van der Waals surface area contributed by atoms with Gasteiger partial charge in [-0.15, -0.1) is 0 Å². The molecule has 568 valence electrons. The van der Waals surface area contributed by atoms with Gasteiger partial charge in [0.15, 0.2) is 6.04 Å². The molecule has 0 aliphatic rings. The molecule has 16 N–H and O–H groups in total. The Bertz CT molecular complexity index is 1900. The van der Waals surface area contributed by atoms with Gasteiger partial charge in [0, 0.05) is 52.1 Å². The molecule has 0 aromatic carbocycles. The molecule has 4 amide bonds. The zero-order valence-corrected chi connectivity index (χ0v) is 62.1. The SMILES string of the molecule is CCCCCC(N)C(=O)NC(CCCCC)C(=O)O.CCCCCC(N)C(=O)NC(CCCCC)C(=O)O.COC(=O)NC(CSC)C(=O)O.COCC(C)C(=O)O.COCC(C)C(=O)O.COCCC(=O)NC(COC)C(=O)O.CSCC(C)C(=O)O.CSCC(C)C(=O)O. The second kappa shape index (κ2) is 75.0. The van der Waals surface area contributed by atoms with Crippen molar-refractivity contribution in [2.45, 2.75) is 201 Å². The number of amides is 4. The van der Waals surface area contributed by atoms with Crippen molar-refractivity contribution in [3.05, 3.63) is 0 Å². The molecule has 10 unspecified atom stereocenters. The zero-order valence-electron chi connectivity index (χ0n) is 59.6. The van der Waals surface area contributed by atoms with Gasteiger partial charge in [-0.2, -0.15) is 35.3 Å². The third-order valence-electron chi connectivity index (χ3n) is 12.3. The van der Waals surface area contributed by atoms with Gasteiger partial charge in [0.05, 0.1) is 69.3 Å². The topological polar surface area (TPSA) is 513 Å². The lowest BCUT2D eigenvalue weighted by Crippen LogP contribution is -2.48. The first kappa shape index (κ1) is 106. The number of hydrogen-bond donors (Lipinski definition) is 14. The molecule has 0 spiro atoms. The normalized spacial score (nSPS) is 13.1. The Morgan fingerprint density at radius 2 is 0.667 bits per heavy atom. The van der Waals surface area contributed by atoms with Gasteiger partial charge in [0.2, 0.25) is 17.7 Å². The molecule has 96 heavy (non-hydrogen) atoms. The lowest BCUT2D eigenvalue weighted by atomic mass is 10.1. The number of thioether (sulfide) groups is 3. The first-order valence-corrected chi connectivity index (χ1v) is 35.7. The van der Waals surface area contributed by atoms with Crippen LogP contribution < -0.4 is 32.7 Å². The van der Waals surface area contributed by atoms with E-state index >= 15 is 0 Å². The molecule has 10 atom stereocenters. The summed E-state index contributed by atoms with van der Waals surface area (Å²) in [5.74, 6) is -7.69. The second-order valence-corrected chi connectivity index (χ2v) is 24.1. The van der Waals surface area contributed by atoms with Gasteiger partial charge in [-0.3, -0.25) is 33.6 Å². The van der Waals surface area contributed by atoms with Gasteiger partial charge >= 0.3 is 53.8 Å². The number of methoxy groups -OCH3 is 5. The van der Waals surface area contributed by atoms with E-state index in [1.807, 2.05) is 12.5 Å². The number of carboxylic acids is 8. The Kier molecular flexibility index (Phi) is 83.1. The standard InChI is InChI=1S/2C14H28N2O3.C8H15NO5.C6H11NO4S.2C5H10O3.2C5H10O2S/c2*1-3-5-7-9-11(15)13(17)16-12(14(18)19)10-8-6-4-2;1-13-4-3-7(10)9-6(5-14-2)8(11)12;1-11-6(10)7-4(3-12-2)5(8)9;4*1-4(3-8-2)5(6)7/h2*11-12H,3-10,15H2,1-2H3,(H,16,17)(H,18,19);6H,3-5H2,1-2H3,(H,9,10)(H,11,12);4H,3H2,1-2H3,(H,7,10)(H,8,9);4*4H,3H2,1-2H3,(H,6,7). The molecule has 34 heteroatoms. The van der Waals surface area contributed by atoms with E-state index in [2.05, 4.69) is 72.6 Å². The average Bonchev–Trinajstić information content (AvgIpc) is 1.21. The van der Waals surface area contributed by atoms with E-state index in [1.165, 1.54) is 47.3 Å². The predicted molar refractivity (Wildman–Crippen MR) is 373 cm³/mol. The van der Waals surface area contributed by atoms with E-state index in [4.69, 9.17) is 52.3 Å². The summed E-state index contributed by atoms with van der Waals surface area (Å²) in [5.41, 5.74) is 11.5. The molecule has 0 saturated heterocycles. The van der Waals surface area contributed by atoms with Crippen LogP contribution in [-0.2, 0) is 76.4 Å². The van der Waals surface area contributed by atoms with Crippen molar-refractivity contribution in [3.8, 4) is 0 Å². The number of aliphatic carboxylic acids is 8. The summed E-state index contributed by atoms with van der Waals surface area (Å²) in [6.07, 6.45) is 18.8. The van der Waals surface area contributed by atoms with Crippen molar-refractivity contribution >= 4 is 107 Å². The minimum Gasteiger partial charge on any atom is -0.481 e. The summed E-state index contributed by atoms with van der Waals surface area (Å²) in [5, 5.41) is 78.0. The molecule has 0 radical (unpaired) electrons. The van der Waals surface area contributed by atoms with Gasteiger partial charge in [0.25, 0.3) is 0 Å². The fourth-order valence-corrected chi connectivity index (χ4v) is 8.23. The maximum atomic E-state index is 11.8. The maximum Gasteiger partial charge on any atom is 0.407 e. The Morgan fingerprint density at radius 3 is 0.885 bits per heavy atom. The summed E-state index contributed by atoms with van der Waals surface area (Å²) < 4.78 is 22.7. The molecule has 0 heterocycles. The number of nitrogens with two attached hydrogens (primary N) is 2. The highest BCUT2D eigenvalue weighted by atomic mass is 32.2. The van der Waals surface area contributed by atoms with Gasteiger partial charge in [-0.25, -0.2) is 24.0 Å². The van der Waals surface area contributed by atoms with Crippen molar-refractivity contribution in [1.29, 1.82) is 0 Å². The summed E-state index contributed by atoms with van der Waals surface area (Å²) in [6.45, 7) is 15.7. The Balaban J connectivity index is -0.000000158. The Labute approximate surface area is 581 Å². The highest BCUT2D eigenvalue weighted by molar-refractivity contribution is 7.99. The summed E-state index contributed by atoms with van der Waals surface area (Å²) in [4.78, 5) is 129. The van der Waals surface area contributed by atoms with Crippen molar-refractivity contribution in [3.63, 3.8) is 0 Å². The smallest absolute Gasteiger partial charge is 0.407 e. The fraction of sp³-hybridized carbons (Fsp3) is 0.806. The van der Waals surface area contributed by atoms with Crippen LogP contribution in [0, 0.1) is 23.7 Å². The van der Waals surface area contributed by atoms with Crippen molar-refractivity contribution in [1.82, 2.24) is 21.3 Å². The molecule has 0 fully saturated rings. The summed E-state index contributed by atoms with van der Waals surface area (Å²) >= 11 is 4.45. The van der Waals surface area contributed by atoms with Crippen LogP contribution in [0.5, 0.6) is 0 Å². The number of alkyl carbamates (subject to hydrolysis) is 1. The minimum atomic E-state index is -1.11. The number of carbonyl (C=O) groups is 12. The molecule has 0 aliphatic carbocycles. The van der Waals surface area contributed by atoms with Gasteiger partial charge in [-0.05, 0) is 58.3 Å². The first-order valence-electron chi connectivity index (χ1n) is 31.5.